The van der Waals surface area contributed by atoms with E-state index in [1.807, 2.05) is 43.3 Å². The molecule has 1 aromatic heterocycles. The van der Waals surface area contributed by atoms with Crippen LogP contribution in [-0.2, 0) is 77.6 Å². The van der Waals surface area contributed by atoms with Gasteiger partial charge in [-0.1, -0.05) is 55.0 Å². The van der Waals surface area contributed by atoms with Gasteiger partial charge in [0.15, 0.2) is 5.78 Å². The Labute approximate surface area is 385 Å². The zero-order chi connectivity index (χ0) is 47.5. The SMILES string of the molecule is CC(=O)O.C[C@@H](OCc1ccc(CCCOCCCCCc2ccc3c(c2)n(C)c(=O)n3C2CCC(=O)NC2=O)cc1)[C@H](CCC(N)=O)CC(=O)[C@@H]1Cc2cccc3c2N1C(=O)[C@@H](N)CC3. The predicted molar refractivity (Wildman–Crippen MR) is 249 cm³/mol. The number of hydrogen-bond donors (Lipinski definition) is 4. The summed E-state index contributed by atoms with van der Waals surface area (Å²) in [7, 11) is 1.71. The molecule has 0 aliphatic carbocycles. The molecule has 4 amide bonds. The average Bonchev–Trinajstić information content (AvgIpc) is 3.75. The molecule has 1 saturated heterocycles. The number of aryl methyl sites for hydroxylation is 4. The maximum atomic E-state index is 14.0. The van der Waals surface area contributed by atoms with Crippen molar-refractivity contribution in [3.05, 3.63) is 99.0 Å². The Morgan fingerprint density at radius 2 is 1.55 bits per heavy atom. The number of primary amides is 1. The van der Waals surface area contributed by atoms with Crippen molar-refractivity contribution in [2.24, 2.45) is 24.4 Å². The van der Waals surface area contributed by atoms with E-state index in [-0.39, 0.29) is 54.6 Å². The van der Waals surface area contributed by atoms with E-state index < -0.39 is 35.9 Å². The first kappa shape index (κ1) is 49.5. The monoisotopic (exact) mass is 908 g/mol. The Balaban J connectivity index is 0.00000173. The lowest BCUT2D eigenvalue weighted by atomic mass is 9.89. The average molecular weight is 909 g/mol. The Bertz CT molecular complexity index is 2460. The third-order valence-corrected chi connectivity index (χ3v) is 12.9. The summed E-state index contributed by atoms with van der Waals surface area (Å²) in [5, 5.41) is 9.77. The van der Waals surface area contributed by atoms with Gasteiger partial charge in [-0.2, -0.15) is 0 Å². The third kappa shape index (κ3) is 12.5. The highest BCUT2D eigenvalue weighted by Crippen LogP contribution is 2.40. The molecule has 16 nitrogen and oxygen atoms in total. The topological polar surface area (TPSA) is 235 Å². The molecule has 1 unspecified atom stereocenters. The van der Waals surface area contributed by atoms with E-state index in [1.54, 1.807) is 16.5 Å². The lowest BCUT2D eigenvalue weighted by Crippen LogP contribution is -2.50. The molecule has 4 heterocycles. The van der Waals surface area contributed by atoms with Gasteiger partial charge in [-0.25, -0.2) is 4.79 Å². The van der Waals surface area contributed by atoms with E-state index in [0.717, 1.165) is 78.9 Å². The van der Waals surface area contributed by atoms with Crippen molar-refractivity contribution in [2.45, 2.75) is 135 Å². The van der Waals surface area contributed by atoms with Crippen LogP contribution < -0.4 is 27.4 Å². The van der Waals surface area contributed by atoms with Crippen molar-refractivity contribution in [3.63, 3.8) is 0 Å². The van der Waals surface area contributed by atoms with Crippen molar-refractivity contribution >= 4 is 52.1 Å². The van der Waals surface area contributed by atoms with E-state index in [9.17, 15) is 28.8 Å². The number of piperidine rings is 1. The number of amides is 4. The second-order valence-corrected chi connectivity index (χ2v) is 17.8. The number of rotatable bonds is 21. The van der Waals surface area contributed by atoms with E-state index in [2.05, 4.69) is 29.6 Å². The number of anilines is 1. The molecular formula is C50H64N6O10. The van der Waals surface area contributed by atoms with Gasteiger partial charge in [0.1, 0.15) is 6.04 Å². The van der Waals surface area contributed by atoms with Crippen LogP contribution in [0.2, 0.25) is 0 Å². The molecule has 66 heavy (non-hydrogen) atoms. The number of nitrogens with zero attached hydrogens (tertiary/aromatic N) is 3. The van der Waals surface area contributed by atoms with Gasteiger partial charge in [-0.3, -0.25) is 48.1 Å². The van der Waals surface area contributed by atoms with Gasteiger partial charge in [0, 0.05) is 52.9 Å². The van der Waals surface area contributed by atoms with Gasteiger partial charge in [0.2, 0.25) is 23.6 Å². The standard InChI is InChI=1S/C48H60N6O8.C2H4O2/c1-30(35(18-22-43(50)56)28-42(55)41-27-36-11-6-10-34-17-19-37(49)47(59)54(41)45(34)36)62-29-33-14-12-31(13-15-33)9-7-25-61-24-5-3-4-8-32-16-20-38-40(26-32)52(2)48(60)53(38)39-21-23-44(57)51-46(39)58;1-2(3)4/h6,10-16,20,26,30,35,37,39,41H,3-5,7-9,17-19,21-25,27-29,49H2,1-2H3,(H2,50,56)(H,51,57,58);1H3,(H,3,4)/t30-,35-,37+,39?,41+;/m1./s1. The van der Waals surface area contributed by atoms with Crippen LogP contribution in [0, 0.1) is 5.92 Å². The normalized spacial score (nSPS) is 18.8. The van der Waals surface area contributed by atoms with Gasteiger partial charge in [0.25, 0.3) is 5.97 Å². The number of carboxylic acid groups (broad SMARTS) is 1. The number of nitrogens with two attached hydrogens (primary N) is 2. The Hall–Kier alpha value is -5.97. The van der Waals surface area contributed by atoms with Crippen molar-refractivity contribution < 1.29 is 43.3 Å². The van der Waals surface area contributed by atoms with Crippen molar-refractivity contribution in [1.82, 2.24) is 14.5 Å². The number of fused-ring (bicyclic) bond motifs is 1. The highest BCUT2D eigenvalue weighted by Gasteiger charge is 2.43. The number of hydrogen-bond acceptors (Lipinski definition) is 10. The smallest absolute Gasteiger partial charge is 0.329 e. The zero-order valence-corrected chi connectivity index (χ0v) is 38.3. The molecule has 16 heteroatoms. The number of aromatic nitrogens is 2. The molecule has 6 N–H and O–H groups in total. The number of imide groups is 1. The molecule has 0 spiro atoms. The molecule has 0 bridgehead atoms. The van der Waals surface area contributed by atoms with Crippen LogP contribution in [0.1, 0.15) is 112 Å². The van der Waals surface area contributed by atoms with E-state index in [1.165, 1.54) is 10.1 Å². The predicted octanol–water partition coefficient (Wildman–Crippen LogP) is 4.75. The fourth-order valence-electron chi connectivity index (χ4n) is 9.29. The summed E-state index contributed by atoms with van der Waals surface area (Å²) in [5.74, 6) is -2.52. The number of benzene rings is 3. The summed E-state index contributed by atoms with van der Waals surface area (Å²) in [4.78, 5) is 86.9. The molecule has 3 aliphatic heterocycles. The summed E-state index contributed by atoms with van der Waals surface area (Å²) in [6.45, 7) is 4.74. The highest BCUT2D eigenvalue weighted by molar-refractivity contribution is 6.07. The van der Waals surface area contributed by atoms with Crippen LogP contribution in [-0.4, -0.2) is 81.0 Å². The van der Waals surface area contributed by atoms with E-state index >= 15 is 0 Å². The minimum Gasteiger partial charge on any atom is -0.481 e. The van der Waals surface area contributed by atoms with Gasteiger partial charge < -0.3 is 26.0 Å². The number of aliphatic carboxylic acids is 1. The maximum absolute atomic E-state index is 14.0. The van der Waals surface area contributed by atoms with Crippen LogP contribution in [0.25, 0.3) is 11.0 Å². The van der Waals surface area contributed by atoms with Crippen LogP contribution in [0.4, 0.5) is 5.69 Å². The number of imidazole rings is 1. The van der Waals surface area contributed by atoms with Crippen molar-refractivity contribution in [2.75, 3.05) is 18.1 Å². The second-order valence-electron chi connectivity index (χ2n) is 17.8. The maximum Gasteiger partial charge on any atom is 0.329 e. The number of carboxylic acids is 1. The number of Topliss-reactive ketones (excluding diaryl/α,β-unsaturated/α-hetero) is 1. The first-order valence-electron chi connectivity index (χ1n) is 23.1. The Kier molecular flexibility index (Phi) is 17.2. The third-order valence-electron chi connectivity index (χ3n) is 12.9. The van der Waals surface area contributed by atoms with Gasteiger partial charge in [0.05, 0.1) is 41.5 Å². The molecule has 4 aromatic rings. The summed E-state index contributed by atoms with van der Waals surface area (Å²) in [6.07, 6.45) is 8.24. The lowest BCUT2D eigenvalue weighted by Gasteiger charge is -2.29. The lowest BCUT2D eigenvalue weighted by molar-refractivity contribution is -0.136. The van der Waals surface area contributed by atoms with Crippen LogP contribution in [0.15, 0.2) is 65.5 Å². The summed E-state index contributed by atoms with van der Waals surface area (Å²) in [5.41, 5.74) is 19.2. The van der Waals surface area contributed by atoms with Crippen LogP contribution >= 0.6 is 0 Å². The minimum absolute atomic E-state index is 0.0590. The summed E-state index contributed by atoms with van der Waals surface area (Å²) < 4.78 is 15.3. The Morgan fingerprint density at radius 3 is 2.27 bits per heavy atom. The van der Waals surface area contributed by atoms with Crippen LogP contribution in [0.3, 0.4) is 0 Å². The molecule has 3 aromatic carbocycles. The zero-order valence-electron chi connectivity index (χ0n) is 38.3. The molecule has 7 rings (SSSR count). The molecule has 3 aliphatic rings. The fraction of sp³-hybridized carbons (Fsp3) is 0.500. The summed E-state index contributed by atoms with van der Waals surface area (Å²) >= 11 is 0. The summed E-state index contributed by atoms with van der Waals surface area (Å²) in [6, 6.07) is 18.3. The molecular weight excluding hydrogens is 845 g/mol. The van der Waals surface area contributed by atoms with Crippen molar-refractivity contribution in [3.8, 4) is 0 Å². The first-order chi connectivity index (χ1) is 31.6. The number of nitrogens with one attached hydrogen (secondary N) is 1. The van der Waals surface area contributed by atoms with E-state index in [0.29, 0.717) is 57.4 Å². The molecule has 0 radical (unpaired) electrons. The number of para-hydroxylation sites is 1. The Morgan fingerprint density at radius 1 is 0.864 bits per heavy atom. The fourth-order valence-corrected chi connectivity index (χ4v) is 9.29. The molecule has 0 saturated carbocycles. The minimum atomic E-state index is -0.833. The quantitative estimate of drug-likeness (QED) is 0.0658. The number of ketones is 1. The number of carbonyl (C=O) groups excluding carboxylic acids is 5. The first-order valence-corrected chi connectivity index (χ1v) is 23.1. The number of unbranched alkanes of at least 4 members (excludes halogenated alkanes) is 2. The largest absolute Gasteiger partial charge is 0.481 e. The van der Waals surface area contributed by atoms with Gasteiger partial charge in [-0.15, -0.1) is 0 Å². The molecule has 5 atom stereocenters. The van der Waals surface area contributed by atoms with E-state index in [4.69, 9.17) is 30.8 Å². The number of ether oxygens (including phenoxy) is 2. The molecule has 354 valence electrons. The number of carbonyl (C=O) groups is 6. The highest BCUT2D eigenvalue weighted by atomic mass is 16.5. The van der Waals surface area contributed by atoms with Crippen molar-refractivity contribution in [1.29, 1.82) is 0 Å². The van der Waals surface area contributed by atoms with Gasteiger partial charge in [-0.05, 0) is 111 Å². The second kappa shape index (κ2) is 23.0. The molecule has 1 fully saturated rings. The van der Waals surface area contributed by atoms with Crippen LogP contribution in [0.5, 0.6) is 0 Å². The van der Waals surface area contributed by atoms with Gasteiger partial charge >= 0.3 is 5.69 Å².